The Morgan fingerprint density at radius 2 is 2.10 bits per heavy atom. The molecule has 0 atom stereocenters. The zero-order chi connectivity index (χ0) is 14.8. The van der Waals surface area contributed by atoms with Gasteiger partial charge in [-0.25, -0.2) is 22.9 Å². The third kappa shape index (κ3) is 3.23. The van der Waals surface area contributed by atoms with Crippen molar-refractivity contribution >= 4 is 43.3 Å². The van der Waals surface area contributed by atoms with E-state index >= 15 is 0 Å². The van der Waals surface area contributed by atoms with E-state index < -0.39 is 21.7 Å². The van der Waals surface area contributed by atoms with Crippen LogP contribution in [0.5, 0.6) is 0 Å². The summed E-state index contributed by atoms with van der Waals surface area (Å²) < 4.78 is 27.0. The number of benzene rings is 1. The molecule has 1 aromatic carbocycles. The minimum absolute atomic E-state index is 0.0563. The average molecular weight is 377 g/mol. The fourth-order valence-corrected chi connectivity index (χ4v) is 4.06. The largest absolute Gasteiger partial charge is 0.476 e. The van der Waals surface area contributed by atoms with E-state index in [1.54, 1.807) is 18.2 Å². The maximum Gasteiger partial charge on any atom is 0.356 e. The van der Waals surface area contributed by atoms with Gasteiger partial charge in [0.1, 0.15) is 0 Å². The number of carboxylic acids is 1. The first kappa shape index (κ1) is 15.1. The van der Waals surface area contributed by atoms with Gasteiger partial charge >= 0.3 is 5.97 Å². The lowest BCUT2D eigenvalue weighted by Gasteiger charge is -2.07. The zero-order valence-electron chi connectivity index (χ0n) is 9.91. The maximum atomic E-state index is 12.1. The number of carboxylic acid groups (broad SMARTS) is 1. The van der Waals surface area contributed by atoms with Crippen LogP contribution in [-0.4, -0.2) is 24.5 Å². The first-order valence-corrected chi connectivity index (χ1v) is 8.47. The molecule has 0 unspecified atom stereocenters. The first-order chi connectivity index (χ1) is 9.42. The topological polar surface area (TPSA) is 96.4 Å². The van der Waals surface area contributed by atoms with Crippen molar-refractivity contribution in [2.45, 2.75) is 10.8 Å². The van der Waals surface area contributed by atoms with Gasteiger partial charge < -0.3 is 5.11 Å². The second kappa shape index (κ2) is 6.00. The summed E-state index contributed by atoms with van der Waals surface area (Å²) in [6, 6.07) is 7.15. The Morgan fingerprint density at radius 1 is 1.40 bits per heavy atom. The van der Waals surface area contributed by atoms with Crippen LogP contribution in [0, 0.1) is 0 Å². The van der Waals surface area contributed by atoms with E-state index in [0.717, 1.165) is 21.4 Å². The van der Waals surface area contributed by atoms with E-state index in [2.05, 4.69) is 25.6 Å². The first-order valence-electron chi connectivity index (χ1n) is 5.31. The van der Waals surface area contributed by atoms with Gasteiger partial charge in [0, 0.05) is 11.0 Å². The second-order valence-electron chi connectivity index (χ2n) is 3.71. The van der Waals surface area contributed by atoms with Gasteiger partial charge in [-0.15, -0.1) is 11.3 Å². The summed E-state index contributed by atoms with van der Waals surface area (Å²) in [5, 5.41) is 8.89. The summed E-state index contributed by atoms with van der Waals surface area (Å²) in [5.74, 6) is -1.37. The lowest BCUT2D eigenvalue weighted by atomic mass is 10.2. The number of thiazole rings is 1. The Kier molecular flexibility index (Phi) is 4.53. The molecule has 0 amide bonds. The highest BCUT2D eigenvalue weighted by molar-refractivity contribution is 9.10. The number of rotatable bonds is 5. The summed E-state index contributed by atoms with van der Waals surface area (Å²) in [6.45, 7) is 0.0563. The Hall–Kier alpha value is -1.29. The van der Waals surface area contributed by atoms with Crippen molar-refractivity contribution in [2.24, 2.45) is 0 Å². The molecule has 1 aromatic heterocycles. The summed E-state index contributed by atoms with van der Waals surface area (Å²) >= 11 is 4.08. The molecule has 0 aliphatic carbocycles. The molecule has 0 aliphatic rings. The van der Waals surface area contributed by atoms with Crippen molar-refractivity contribution in [3.8, 4) is 0 Å². The van der Waals surface area contributed by atoms with Crippen molar-refractivity contribution in [3.63, 3.8) is 0 Å². The fraction of sp³-hybridized carbons (Fsp3) is 0.0909. The number of aromatic nitrogens is 1. The van der Waals surface area contributed by atoms with Crippen LogP contribution in [0.15, 0.2) is 38.5 Å². The molecule has 20 heavy (non-hydrogen) atoms. The predicted octanol–water partition coefficient (Wildman–Crippen LogP) is 2.08. The van der Waals surface area contributed by atoms with Gasteiger partial charge in [0.25, 0.3) is 10.0 Å². The SMILES string of the molecule is O=C(O)c1ncsc1S(=O)(=O)NCc1ccccc1Br. The molecule has 2 aromatic rings. The third-order valence-electron chi connectivity index (χ3n) is 2.39. The molecule has 0 spiro atoms. The van der Waals surface area contributed by atoms with Gasteiger partial charge in [-0.3, -0.25) is 0 Å². The van der Waals surface area contributed by atoms with Crippen LogP contribution in [0.3, 0.4) is 0 Å². The van der Waals surface area contributed by atoms with E-state index in [9.17, 15) is 13.2 Å². The minimum Gasteiger partial charge on any atom is -0.476 e. The number of sulfonamides is 1. The molecular formula is C11H9BrN2O4S2. The minimum atomic E-state index is -3.90. The fourth-order valence-electron chi connectivity index (χ4n) is 1.45. The smallest absolute Gasteiger partial charge is 0.356 e. The Morgan fingerprint density at radius 3 is 2.75 bits per heavy atom. The van der Waals surface area contributed by atoms with Gasteiger partial charge in [-0.2, -0.15) is 0 Å². The Labute approximate surface area is 127 Å². The average Bonchev–Trinajstić information content (AvgIpc) is 2.88. The van der Waals surface area contributed by atoms with Gasteiger partial charge in [-0.05, 0) is 11.6 Å². The van der Waals surface area contributed by atoms with Crippen molar-refractivity contribution in [1.82, 2.24) is 9.71 Å². The third-order valence-corrected chi connectivity index (χ3v) is 5.94. The number of halogens is 1. The molecule has 0 saturated carbocycles. The molecule has 106 valence electrons. The molecule has 0 fully saturated rings. The van der Waals surface area contributed by atoms with Crippen LogP contribution in [0.1, 0.15) is 16.1 Å². The van der Waals surface area contributed by atoms with Gasteiger partial charge in [0.2, 0.25) is 0 Å². The van der Waals surface area contributed by atoms with E-state index in [-0.39, 0.29) is 10.8 Å². The van der Waals surface area contributed by atoms with Crippen molar-refractivity contribution in [1.29, 1.82) is 0 Å². The van der Waals surface area contributed by atoms with Crippen LogP contribution in [0.25, 0.3) is 0 Å². The van der Waals surface area contributed by atoms with Crippen LogP contribution in [0.4, 0.5) is 0 Å². The highest BCUT2D eigenvalue weighted by atomic mass is 79.9. The van der Waals surface area contributed by atoms with Crippen LogP contribution < -0.4 is 4.72 Å². The number of hydrogen-bond donors (Lipinski definition) is 2. The van der Waals surface area contributed by atoms with E-state index in [1.807, 2.05) is 6.07 Å². The molecule has 6 nitrogen and oxygen atoms in total. The highest BCUT2D eigenvalue weighted by Crippen LogP contribution is 2.21. The molecule has 0 radical (unpaired) electrons. The number of hydrogen-bond acceptors (Lipinski definition) is 5. The van der Waals surface area contributed by atoms with E-state index in [0.29, 0.717) is 0 Å². The van der Waals surface area contributed by atoms with Gasteiger partial charge in [0.05, 0.1) is 5.51 Å². The lowest BCUT2D eigenvalue weighted by Crippen LogP contribution is -2.24. The predicted molar refractivity (Wildman–Crippen MR) is 77.2 cm³/mol. The molecule has 0 aliphatic heterocycles. The maximum absolute atomic E-state index is 12.1. The molecule has 0 saturated heterocycles. The summed E-state index contributed by atoms with van der Waals surface area (Å²) in [7, 11) is -3.90. The van der Waals surface area contributed by atoms with Crippen LogP contribution in [0.2, 0.25) is 0 Å². The number of aromatic carboxylic acids is 1. The summed E-state index contributed by atoms with van der Waals surface area (Å²) in [5.41, 5.74) is 1.48. The molecule has 2 N–H and O–H groups in total. The standard InChI is InChI=1S/C11H9BrN2O4S2/c12-8-4-2-1-3-7(8)5-14-20(17,18)11-9(10(15)16)13-6-19-11/h1-4,6,14H,5H2,(H,15,16). The van der Waals surface area contributed by atoms with Crippen molar-refractivity contribution in [2.75, 3.05) is 0 Å². The van der Waals surface area contributed by atoms with Crippen LogP contribution in [-0.2, 0) is 16.6 Å². The number of nitrogens with one attached hydrogen (secondary N) is 1. The van der Waals surface area contributed by atoms with Crippen molar-refractivity contribution in [3.05, 3.63) is 45.5 Å². The Balaban J connectivity index is 2.22. The molecule has 0 bridgehead atoms. The summed E-state index contributed by atoms with van der Waals surface area (Å²) in [4.78, 5) is 14.4. The molecule has 9 heteroatoms. The molecule has 2 rings (SSSR count). The normalized spacial score (nSPS) is 11.4. The monoisotopic (exact) mass is 376 g/mol. The number of carbonyl (C=O) groups is 1. The quantitative estimate of drug-likeness (QED) is 0.832. The van der Waals surface area contributed by atoms with E-state index in [1.165, 1.54) is 5.51 Å². The second-order valence-corrected chi connectivity index (χ2v) is 7.38. The highest BCUT2D eigenvalue weighted by Gasteiger charge is 2.25. The molecular weight excluding hydrogens is 368 g/mol. The van der Waals surface area contributed by atoms with Gasteiger partial charge in [0.15, 0.2) is 9.90 Å². The summed E-state index contributed by atoms with van der Waals surface area (Å²) in [6.07, 6.45) is 0. The van der Waals surface area contributed by atoms with Crippen LogP contribution >= 0.6 is 27.3 Å². The lowest BCUT2D eigenvalue weighted by molar-refractivity contribution is 0.0687. The van der Waals surface area contributed by atoms with E-state index in [4.69, 9.17) is 5.11 Å². The zero-order valence-corrected chi connectivity index (χ0v) is 13.1. The van der Waals surface area contributed by atoms with Crippen molar-refractivity contribution < 1.29 is 18.3 Å². The van der Waals surface area contributed by atoms with Gasteiger partial charge in [-0.1, -0.05) is 34.1 Å². The molecule has 1 heterocycles. The number of nitrogens with zero attached hydrogens (tertiary/aromatic N) is 1. The Bertz CT molecular complexity index is 742.